The molecule has 16 nitrogen and oxygen atoms in total. The predicted octanol–water partition coefficient (Wildman–Crippen LogP) is 16.4. The second kappa shape index (κ2) is 27.9. The summed E-state index contributed by atoms with van der Waals surface area (Å²) in [6, 6.07) is 16.7. The molecule has 448 valence electrons. The summed E-state index contributed by atoms with van der Waals surface area (Å²) in [5.74, 6) is 6.17. The number of anilines is 1. The van der Waals surface area contributed by atoms with Crippen molar-refractivity contribution in [1.82, 2.24) is 39.9 Å². The molecule has 1 saturated heterocycles. The molecule has 0 spiro atoms. The van der Waals surface area contributed by atoms with E-state index in [9.17, 15) is 5.11 Å². The van der Waals surface area contributed by atoms with E-state index < -0.39 is 0 Å². The largest absolute Gasteiger partial charge is 0.490 e. The predicted molar refractivity (Wildman–Crippen MR) is 341 cm³/mol. The van der Waals surface area contributed by atoms with E-state index in [-0.39, 0.29) is 11.4 Å². The number of thioether (sulfide) groups is 1. The van der Waals surface area contributed by atoms with Crippen molar-refractivity contribution in [2.45, 2.75) is 168 Å². The summed E-state index contributed by atoms with van der Waals surface area (Å²) in [5, 5.41) is 13.0. The molecule has 3 aliphatic rings. The summed E-state index contributed by atoms with van der Waals surface area (Å²) in [5.41, 5.74) is 6.52. The van der Waals surface area contributed by atoms with Crippen LogP contribution in [0, 0.1) is 5.92 Å². The molecular weight excluding hydrogens is 1070 g/mol. The molecule has 3 N–H and O–H groups in total. The zero-order chi connectivity index (χ0) is 58.7. The lowest BCUT2D eigenvalue weighted by Crippen LogP contribution is -2.34. The Balaban J connectivity index is 1.32. The summed E-state index contributed by atoms with van der Waals surface area (Å²) in [4.78, 5) is 43.9. The molecule has 6 heterocycles. The zero-order valence-corrected chi connectivity index (χ0v) is 51.9. The SMILES string of the molecule is CCCCOc1cc2c(cc1OCCCC)-c1nc-2nc2[nH]c(nc3nc(nc4[nH]c(n1)c1cc(OCCCC)c(OCCCC)cc41)-c1cc(N4CCC(CCO)CC4)c(SC(C)(C)C)cc1-3)c1cc(OCCCC)c(OCCCC)cc21. The van der Waals surface area contributed by atoms with Crippen LogP contribution in [-0.4, -0.2) is 109 Å². The van der Waals surface area contributed by atoms with Crippen molar-refractivity contribution >= 4 is 61.6 Å². The summed E-state index contributed by atoms with van der Waals surface area (Å²) >= 11 is 1.84. The summed E-state index contributed by atoms with van der Waals surface area (Å²) in [7, 11) is 0. The number of aromatic nitrogens is 8. The average molecular weight is 1160 g/mol. The van der Waals surface area contributed by atoms with E-state index in [2.05, 4.69) is 89.3 Å². The number of nitrogens with one attached hydrogen (secondary N) is 2. The standard InChI is InChI=1S/C67H87N9O7S/c1-10-16-28-78-52-35-44-45(36-53(52)79-29-17-11-2)61-70-60(44)68-59-43-34-51(76-25-22-42(23-26-76)24-27-77)58(84-67(7,8)9)41-50(43)66(69-59)75-65-49-40-57(83-33-21-15-6)56(82-32-20-14-5)39-48(49)64(74-65)73-63-47-38-55(81-31-19-13-4)54(80-30-18-12-3)37-46(47)62(71-61)72-63/h34-42,77H,10-33H2,1-9H3,(H2,68,69,70,71,72,73,74,75). The van der Waals surface area contributed by atoms with Gasteiger partial charge in [-0.25, -0.2) is 29.9 Å². The Morgan fingerprint density at radius 2 is 0.762 bits per heavy atom. The first-order valence-electron chi connectivity index (χ1n) is 31.3. The number of aliphatic hydroxyl groups is 1. The van der Waals surface area contributed by atoms with Gasteiger partial charge in [0.05, 0.1) is 45.3 Å². The molecule has 84 heavy (non-hydrogen) atoms. The Kier molecular flexibility index (Phi) is 20.0. The van der Waals surface area contributed by atoms with Crippen molar-refractivity contribution in [3.05, 3.63) is 48.5 Å². The third-order valence-electron chi connectivity index (χ3n) is 15.5. The van der Waals surface area contributed by atoms with Crippen LogP contribution in [0.2, 0.25) is 0 Å². The Morgan fingerprint density at radius 3 is 1.07 bits per heavy atom. The summed E-state index contributed by atoms with van der Waals surface area (Å²) in [6.07, 6.45) is 14.1. The van der Waals surface area contributed by atoms with Gasteiger partial charge < -0.3 is 48.4 Å². The summed E-state index contributed by atoms with van der Waals surface area (Å²) in [6.45, 7) is 24.9. The zero-order valence-electron chi connectivity index (χ0n) is 51.1. The molecule has 0 aliphatic carbocycles. The molecule has 1 fully saturated rings. The third kappa shape index (κ3) is 13.8. The van der Waals surface area contributed by atoms with Gasteiger partial charge in [0.2, 0.25) is 0 Å². The van der Waals surface area contributed by atoms with Crippen molar-refractivity contribution in [3.63, 3.8) is 0 Å². The number of unbranched alkanes of at least 4 members (excludes halogenated alkanes) is 6. The lowest BCUT2D eigenvalue weighted by Gasteiger charge is -2.35. The Morgan fingerprint density at radius 1 is 0.452 bits per heavy atom. The molecule has 4 aromatic carbocycles. The van der Waals surface area contributed by atoms with Gasteiger partial charge in [-0.1, -0.05) is 101 Å². The fourth-order valence-electron chi connectivity index (χ4n) is 10.8. The van der Waals surface area contributed by atoms with Crippen LogP contribution in [0.15, 0.2) is 53.4 Å². The van der Waals surface area contributed by atoms with Gasteiger partial charge in [0.1, 0.15) is 22.6 Å². The highest BCUT2D eigenvalue weighted by Crippen LogP contribution is 2.48. The molecule has 0 saturated carbocycles. The number of hydrogen-bond donors (Lipinski definition) is 3. The first-order chi connectivity index (χ1) is 40.9. The van der Waals surface area contributed by atoms with E-state index >= 15 is 0 Å². The third-order valence-corrected chi connectivity index (χ3v) is 16.7. The molecule has 0 radical (unpaired) electrons. The van der Waals surface area contributed by atoms with E-state index in [0.717, 1.165) is 164 Å². The van der Waals surface area contributed by atoms with Crippen LogP contribution in [0.25, 0.3) is 89.7 Å². The molecule has 0 unspecified atom stereocenters. The number of nitrogens with zero attached hydrogens (tertiary/aromatic N) is 7. The maximum Gasteiger partial charge on any atom is 0.164 e. The minimum Gasteiger partial charge on any atom is -0.490 e. The highest BCUT2D eigenvalue weighted by Gasteiger charge is 2.30. The number of ether oxygens (including phenoxy) is 6. The highest BCUT2D eigenvalue weighted by atomic mass is 32.2. The van der Waals surface area contributed by atoms with Crippen LogP contribution in [-0.2, 0) is 0 Å². The van der Waals surface area contributed by atoms with Gasteiger partial charge in [-0.05, 0) is 112 Å². The van der Waals surface area contributed by atoms with Gasteiger partial charge in [0, 0.05) is 73.1 Å². The Hall–Kier alpha value is -6.85. The Labute approximate surface area is 499 Å². The first-order valence-corrected chi connectivity index (χ1v) is 32.1. The van der Waals surface area contributed by atoms with Gasteiger partial charge in [-0.15, -0.1) is 11.8 Å². The first kappa shape index (κ1) is 60.3. The number of H-pyrrole nitrogens is 2. The Bertz CT molecular complexity index is 3590. The van der Waals surface area contributed by atoms with Crippen LogP contribution in [0.3, 0.4) is 0 Å². The second-order valence-corrected chi connectivity index (χ2v) is 25.2. The van der Waals surface area contributed by atoms with Crippen LogP contribution < -0.4 is 33.3 Å². The monoisotopic (exact) mass is 1160 g/mol. The van der Waals surface area contributed by atoms with Gasteiger partial charge in [0.15, 0.2) is 57.8 Å². The molecule has 8 bridgehead atoms. The number of benzene rings is 4. The molecule has 3 aromatic heterocycles. The van der Waals surface area contributed by atoms with Gasteiger partial charge in [-0.3, -0.25) is 0 Å². The number of aliphatic hydroxyl groups excluding tert-OH is 1. The number of piperidine rings is 1. The summed E-state index contributed by atoms with van der Waals surface area (Å²) < 4.78 is 39.3. The molecule has 0 amide bonds. The van der Waals surface area contributed by atoms with Crippen LogP contribution >= 0.6 is 11.8 Å². The lowest BCUT2D eigenvalue weighted by molar-refractivity contribution is 0.240. The van der Waals surface area contributed by atoms with Crippen molar-refractivity contribution in [3.8, 4) is 80.0 Å². The fraction of sp³-hybridized carbons (Fsp3) is 0.522. The number of rotatable bonds is 28. The molecular formula is C67H87N9O7S. The van der Waals surface area contributed by atoms with Crippen LogP contribution in [0.5, 0.6) is 34.5 Å². The fourth-order valence-corrected chi connectivity index (χ4v) is 11.9. The highest BCUT2D eigenvalue weighted by molar-refractivity contribution is 8.00. The second-order valence-electron chi connectivity index (χ2n) is 23.4. The number of fused-ring (bicyclic) bond motifs is 20. The van der Waals surface area contributed by atoms with E-state index in [4.69, 9.17) is 58.3 Å². The molecule has 17 heteroatoms. The quantitative estimate of drug-likeness (QED) is 0.0310. The van der Waals surface area contributed by atoms with E-state index in [1.807, 2.05) is 48.2 Å². The van der Waals surface area contributed by atoms with Crippen LogP contribution in [0.4, 0.5) is 5.69 Å². The molecule has 0 atom stereocenters. The normalized spacial score (nSPS) is 13.4. The molecule has 7 aromatic rings. The van der Waals surface area contributed by atoms with Crippen molar-refractivity contribution in [1.29, 1.82) is 0 Å². The maximum atomic E-state index is 9.91. The van der Waals surface area contributed by atoms with E-state index in [0.29, 0.717) is 126 Å². The molecule has 10 rings (SSSR count). The average Bonchev–Trinajstić information content (AvgIpc) is 4.08. The minimum absolute atomic E-state index is 0.116. The lowest BCUT2D eigenvalue weighted by atomic mass is 9.93. The van der Waals surface area contributed by atoms with Crippen molar-refractivity contribution in [2.24, 2.45) is 5.92 Å². The van der Waals surface area contributed by atoms with Gasteiger partial charge >= 0.3 is 0 Å². The van der Waals surface area contributed by atoms with E-state index in [1.54, 1.807) is 0 Å². The van der Waals surface area contributed by atoms with Crippen LogP contribution in [0.1, 0.15) is 159 Å². The van der Waals surface area contributed by atoms with Gasteiger partial charge in [0.25, 0.3) is 0 Å². The smallest absolute Gasteiger partial charge is 0.164 e. The molecule has 3 aliphatic heterocycles. The van der Waals surface area contributed by atoms with Gasteiger partial charge in [-0.2, -0.15) is 0 Å². The van der Waals surface area contributed by atoms with Crippen molar-refractivity contribution in [2.75, 3.05) is 64.2 Å². The number of aromatic amines is 2. The number of hydrogen-bond acceptors (Lipinski definition) is 15. The van der Waals surface area contributed by atoms with Crippen molar-refractivity contribution < 1.29 is 33.5 Å². The maximum absolute atomic E-state index is 9.91. The topological polar surface area (TPSA) is 188 Å². The van der Waals surface area contributed by atoms with E-state index in [1.165, 1.54) is 0 Å². The minimum atomic E-state index is -0.116.